The highest BCUT2D eigenvalue weighted by molar-refractivity contribution is 9.10. The molecule has 1 N–H and O–H groups in total. The highest BCUT2D eigenvalue weighted by Gasteiger charge is 2.08. The Morgan fingerprint density at radius 3 is 2.58 bits per heavy atom. The van der Waals surface area contributed by atoms with Gasteiger partial charge in [-0.15, -0.1) is 0 Å². The molecule has 0 heterocycles. The van der Waals surface area contributed by atoms with Crippen LogP contribution in [0, 0.1) is 13.8 Å². The number of hydrazone groups is 1. The number of methoxy groups -OCH3 is 1. The number of halogens is 1. The first kappa shape index (κ1) is 18.0. The van der Waals surface area contributed by atoms with Crippen molar-refractivity contribution in [3.63, 3.8) is 0 Å². The summed E-state index contributed by atoms with van der Waals surface area (Å²) in [4.78, 5) is 11.8. The largest absolute Gasteiger partial charge is 0.497 e. The predicted molar refractivity (Wildman–Crippen MR) is 97.8 cm³/mol. The van der Waals surface area contributed by atoms with Crippen LogP contribution in [0.15, 0.2) is 46.0 Å². The van der Waals surface area contributed by atoms with Crippen LogP contribution < -0.4 is 14.9 Å². The van der Waals surface area contributed by atoms with Crippen LogP contribution in [-0.2, 0) is 4.79 Å². The van der Waals surface area contributed by atoms with E-state index in [9.17, 15) is 4.79 Å². The molecule has 2 rings (SSSR count). The van der Waals surface area contributed by atoms with Gasteiger partial charge in [0, 0.05) is 0 Å². The number of rotatable bonds is 6. The first-order valence-corrected chi connectivity index (χ1v) is 8.14. The van der Waals surface area contributed by atoms with Gasteiger partial charge >= 0.3 is 0 Å². The number of carbonyl (C=O) groups is 1. The van der Waals surface area contributed by atoms with Crippen molar-refractivity contribution in [1.29, 1.82) is 0 Å². The Hall–Kier alpha value is -2.34. The molecule has 0 aliphatic heterocycles. The van der Waals surface area contributed by atoms with E-state index in [4.69, 9.17) is 9.47 Å². The van der Waals surface area contributed by atoms with Crippen LogP contribution in [0.1, 0.15) is 16.7 Å². The number of amides is 1. The number of ether oxygens (including phenoxy) is 2. The van der Waals surface area contributed by atoms with Gasteiger partial charge in [-0.1, -0.05) is 6.07 Å². The first-order chi connectivity index (χ1) is 11.5. The number of nitrogens with zero attached hydrogens (tertiary/aromatic N) is 1. The summed E-state index contributed by atoms with van der Waals surface area (Å²) >= 11 is 3.45. The Kier molecular flexibility index (Phi) is 6.37. The lowest BCUT2D eigenvalue weighted by molar-refractivity contribution is -0.123. The molecule has 126 valence electrons. The van der Waals surface area contributed by atoms with E-state index in [1.165, 1.54) is 0 Å². The standard InChI is InChI=1S/C18H19BrN2O3/c1-12-8-13(2)18(16(19)9-12)24-11-17(22)21-20-10-14-4-6-15(23-3)7-5-14/h4-10H,11H2,1-3H3,(H,21,22)/b20-10+. The highest BCUT2D eigenvalue weighted by Crippen LogP contribution is 2.30. The second-order valence-electron chi connectivity index (χ2n) is 5.25. The van der Waals surface area contributed by atoms with Gasteiger partial charge in [0.05, 0.1) is 17.8 Å². The van der Waals surface area contributed by atoms with E-state index in [-0.39, 0.29) is 12.5 Å². The molecule has 6 heteroatoms. The van der Waals surface area contributed by atoms with Gasteiger partial charge in [-0.3, -0.25) is 4.79 Å². The number of benzene rings is 2. The Bertz CT molecular complexity index is 719. The summed E-state index contributed by atoms with van der Waals surface area (Å²) in [6.07, 6.45) is 1.56. The number of aryl methyl sites for hydroxylation is 2. The molecule has 0 saturated heterocycles. The minimum Gasteiger partial charge on any atom is -0.497 e. The quantitative estimate of drug-likeness (QED) is 0.605. The number of hydrogen-bond acceptors (Lipinski definition) is 4. The van der Waals surface area contributed by atoms with E-state index in [1.807, 2.05) is 50.2 Å². The molecule has 0 spiro atoms. The third-order valence-electron chi connectivity index (χ3n) is 3.24. The molecule has 5 nitrogen and oxygen atoms in total. The van der Waals surface area contributed by atoms with Crippen LogP contribution in [0.5, 0.6) is 11.5 Å². The summed E-state index contributed by atoms with van der Waals surface area (Å²) in [7, 11) is 1.61. The van der Waals surface area contributed by atoms with Crippen LogP contribution in [0.4, 0.5) is 0 Å². The molecular weight excluding hydrogens is 372 g/mol. The minimum absolute atomic E-state index is 0.109. The molecule has 0 aliphatic carbocycles. The Morgan fingerprint density at radius 2 is 1.96 bits per heavy atom. The maximum atomic E-state index is 11.8. The van der Waals surface area contributed by atoms with Crippen LogP contribution >= 0.6 is 15.9 Å². The minimum atomic E-state index is -0.327. The first-order valence-electron chi connectivity index (χ1n) is 7.35. The molecule has 0 bridgehead atoms. The lowest BCUT2D eigenvalue weighted by Gasteiger charge is -2.11. The monoisotopic (exact) mass is 390 g/mol. The van der Waals surface area contributed by atoms with E-state index in [0.29, 0.717) is 5.75 Å². The van der Waals surface area contributed by atoms with Crippen LogP contribution in [0.3, 0.4) is 0 Å². The van der Waals surface area contributed by atoms with Crippen molar-refractivity contribution >= 4 is 28.1 Å². The van der Waals surface area contributed by atoms with E-state index in [1.54, 1.807) is 13.3 Å². The fraction of sp³-hybridized carbons (Fsp3) is 0.222. The zero-order valence-corrected chi connectivity index (χ0v) is 15.4. The summed E-state index contributed by atoms with van der Waals surface area (Å²) in [5.74, 6) is 1.10. The van der Waals surface area contributed by atoms with Crippen LogP contribution in [-0.4, -0.2) is 25.8 Å². The molecule has 2 aromatic carbocycles. The molecule has 2 aromatic rings. The van der Waals surface area contributed by atoms with Gasteiger partial charge in [0.1, 0.15) is 11.5 Å². The second-order valence-corrected chi connectivity index (χ2v) is 6.10. The molecule has 0 saturated carbocycles. The van der Waals surface area contributed by atoms with Crippen molar-refractivity contribution < 1.29 is 14.3 Å². The summed E-state index contributed by atoms with van der Waals surface area (Å²) in [5.41, 5.74) is 5.39. The zero-order chi connectivity index (χ0) is 17.5. The molecule has 0 fully saturated rings. The normalized spacial score (nSPS) is 10.7. The third kappa shape index (κ3) is 5.09. The van der Waals surface area contributed by atoms with Crippen molar-refractivity contribution in [2.75, 3.05) is 13.7 Å². The van der Waals surface area contributed by atoms with Crippen molar-refractivity contribution in [2.24, 2.45) is 5.10 Å². The van der Waals surface area contributed by atoms with E-state index < -0.39 is 0 Å². The summed E-state index contributed by atoms with van der Waals surface area (Å²) in [6, 6.07) is 11.3. The zero-order valence-electron chi connectivity index (χ0n) is 13.8. The van der Waals surface area contributed by atoms with Crippen LogP contribution in [0.2, 0.25) is 0 Å². The Labute approximate surface area is 149 Å². The lowest BCUT2D eigenvalue weighted by Crippen LogP contribution is -2.24. The summed E-state index contributed by atoms with van der Waals surface area (Å²) in [6.45, 7) is 3.83. The fourth-order valence-electron chi connectivity index (χ4n) is 2.12. The predicted octanol–water partition coefficient (Wildman–Crippen LogP) is 3.60. The topological polar surface area (TPSA) is 59.9 Å². The number of hydrogen-bond donors (Lipinski definition) is 1. The molecule has 1 amide bonds. The second kappa shape index (κ2) is 8.49. The molecule has 0 unspecified atom stereocenters. The van der Waals surface area contributed by atoms with Crippen molar-refractivity contribution in [1.82, 2.24) is 5.43 Å². The lowest BCUT2D eigenvalue weighted by atomic mass is 10.1. The molecule has 0 aliphatic rings. The maximum Gasteiger partial charge on any atom is 0.277 e. The SMILES string of the molecule is COc1ccc(/C=N/NC(=O)COc2c(C)cc(C)cc2Br)cc1. The maximum absolute atomic E-state index is 11.8. The van der Waals surface area contributed by atoms with Gasteiger partial charge in [0.15, 0.2) is 6.61 Å². The summed E-state index contributed by atoms with van der Waals surface area (Å²) < 4.78 is 11.5. The van der Waals surface area contributed by atoms with Crippen LogP contribution in [0.25, 0.3) is 0 Å². The van der Waals surface area contributed by atoms with Gasteiger partial charge < -0.3 is 9.47 Å². The van der Waals surface area contributed by atoms with Gasteiger partial charge in [-0.2, -0.15) is 5.10 Å². The fourth-order valence-corrected chi connectivity index (χ4v) is 2.91. The van der Waals surface area contributed by atoms with Gasteiger partial charge in [0.25, 0.3) is 5.91 Å². The Balaban J connectivity index is 1.86. The highest BCUT2D eigenvalue weighted by atomic mass is 79.9. The summed E-state index contributed by atoms with van der Waals surface area (Å²) in [5, 5.41) is 3.91. The third-order valence-corrected chi connectivity index (χ3v) is 3.83. The average molecular weight is 391 g/mol. The van der Waals surface area contributed by atoms with Gasteiger partial charge in [-0.25, -0.2) is 5.43 Å². The van der Waals surface area contributed by atoms with Crippen molar-refractivity contribution in [3.05, 3.63) is 57.6 Å². The molecule has 0 radical (unpaired) electrons. The molecular formula is C18H19BrN2O3. The number of carbonyl (C=O) groups excluding carboxylic acids is 1. The van der Waals surface area contributed by atoms with E-state index in [2.05, 4.69) is 26.5 Å². The van der Waals surface area contributed by atoms with Crippen molar-refractivity contribution in [3.8, 4) is 11.5 Å². The average Bonchev–Trinajstić information content (AvgIpc) is 2.54. The smallest absolute Gasteiger partial charge is 0.277 e. The van der Waals surface area contributed by atoms with E-state index in [0.717, 1.165) is 26.9 Å². The van der Waals surface area contributed by atoms with E-state index >= 15 is 0 Å². The molecule has 24 heavy (non-hydrogen) atoms. The molecule has 0 aromatic heterocycles. The van der Waals surface area contributed by atoms with Gasteiger partial charge in [0.2, 0.25) is 0 Å². The molecule has 0 atom stereocenters. The number of nitrogens with one attached hydrogen (secondary N) is 1. The van der Waals surface area contributed by atoms with Gasteiger partial charge in [-0.05, 0) is 76.8 Å². The Morgan fingerprint density at radius 1 is 1.25 bits per heavy atom. The van der Waals surface area contributed by atoms with Crippen molar-refractivity contribution in [2.45, 2.75) is 13.8 Å².